The van der Waals surface area contributed by atoms with Crippen molar-refractivity contribution in [3.05, 3.63) is 39.0 Å². The van der Waals surface area contributed by atoms with Gasteiger partial charge in [-0.1, -0.05) is 12.1 Å². The third-order valence-electron chi connectivity index (χ3n) is 2.76. The third kappa shape index (κ3) is 2.98. The van der Waals surface area contributed by atoms with Crippen LogP contribution in [0.2, 0.25) is 0 Å². The highest BCUT2D eigenvalue weighted by atomic mass is 127. The molecule has 0 spiro atoms. The summed E-state index contributed by atoms with van der Waals surface area (Å²) in [6, 6.07) is 6.34. The van der Waals surface area contributed by atoms with Crippen LogP contribution in [0.4, 0.5) is 5.69 Å². The van der Waals surface area contributed by atoms with E-state index in [1.54, 1.807) is 0 Å². The zero-order valence-electron chi connectivity index (χ0n) is 9.42. The minimum absolute atomic E-state index is 0.774. The summed E-state index contributed by atoms with van der Waals surface area (Å²) in [7, 11) is 0. The Morgan fingerprint density at radius 2 is 2.31 bits per heavy atom. The Bertz CT molecular complexity index is 401. The molecular formula is C13H16INO. The molecule has 0 aliphatic carbocycles. The average Bonchev–Trinajstić information content (AvgIpc) is 2.32. The number of halogens is 1. The lowest BCUT2D eigenvalue weighted by Crippen LogP contribution is -2.14. The average molecular weight is 329 g/mol. The van der Waals surface area contributed by atoms with Gasteiger partial charge in [-0.25, -0.2) is 0 Å². The Morgan fingerprint density at radius 3 is 3.06 bits per heavy atom. The predicted molar refractivity (Wildman–Crippen MR) is 75.9 cm³/mol. The molecule has 2 nitrogen and oxygen atoms in total. The van der Waals surface area contributed by atoms with Crippen LogP contribution < -0.4 is 5.32 Å². The Labute approximate surface area is 110 Å². The van der Waals surface area contributed by atoms with Gasteiger partial charge in [0.05, 0.1) is 13.2 Å². The number of hydrogen-bond acceptors (Lipinski definition) is 2. The maximum atomic E-state index is 5.41. The summed E-state index contributed by atoms with van der Waals surface area (Å²) in [5.41, 5.74) is 3.89. The topological polar surface area (TPSA) is 21.3 Å². The van der Waals surface area contributed by atoms with Gasteiger partial charge in [0.15, 0.2) is 0 Å². The Morgan fingerprint density at radius 1 is 1.44 bits per heavy atom. The van der Waals surface area contributed by atoms with Crippen molar-refractivity contribution in [3.8, 4) is 0 Å². The summed E-state index contributed by atoms with van der Waals surface area (Å²) in [6.07, 6.45) is 3.32. The van der Waals surface area contributed by atoms with Gasteiger partial charge in [-0.05, 0) is 59.2 Å². The number of nitrogens with one attached hydrogen (secondary N) is 1. The molecule has 0 fully saturated rings. The second kappa shape index (κ2) is 5.68. The van der Waals surface area contributed by atoms with E-state index in [-0.39, 0.29) is 0 Å². The molecule has 3 heteroatoms. The molecule has 0 saturated heterocycles. The molecule has 1 N–H and O–H groups in total. The summed E-state index contributed by atoms with van der Waals surface area (Å²) < 4.78 is 6.72. The van der Waals surface area contributed by atoms with Crippen LogP contribution in [0.15, 0.2) is 29.8 Å². The summed E-state index contributed by atoms with van der Waals surface area (Å²) in [5, 5.41) is 3.47. The highest BCUT2D eigenvalue weighted by molar-refractivity contribution is 14.1. The van der Waals surface area contributed by atoms with Crippen LogP contribution in [-0.4, -0.2) is 19.8 Å². The van der Waals surface area contributed by atoms with E-state index in [1.807, 2.05) is 0 Å². The van der Waals surface area contributed by atoms with E-state index in [1.165, 1.54) is 20.4 Å². The molecule has 0 radical (unpaired) electrons. The first kappa shape index (κ1) is 11.9. The smallest absolute Gasteiger partial charge is 0.0693 e. The molecule has 1 aliphatic rings. The molecule has 0 unspecified atom stereocenters. The van der Waals surface area contributed by atoms with Gasteiger partial charge >= 0.3 is 0 Å². The van der Waals surface area contributed by atoms with E-state index in [4.69, 9.17) is 4.74 Å². The molecule has 1 aliphatic heterocycles. The Balaban J connectivity index is 1.99. The summed E-state index contributed by atoms with van der Waals surface area (Å²) >= 11 is 2.36. The number of ether oxygens (including phenoxy) is 1. The first-order valence-electron chi connectivity index (χ1n) is 5.52. The van der Waals surface area contributed by atoms with Crippen LogP contribution in [-0.2, 0) is 4.74 Å². The second-order valence-corrected chi connectivity index (χ2v) is 5.13. The molecule has 1 aromatic carbocycles. The van der Waals surface area contributed by atoms with Crippen molar-refractivity contribution in [3.63, 3.8) is 0 Å². The van der Waals surface area contributed by atoms with Crippen LogP contribution in [0.25, 0.3) is 0 Å². The number of anilines is 1. The highest BCUT2D eigenvalue weighted by Crippen LogP contribution is 2.20. The van der Waals surface area contributed by atoms with Crippen LogP contribution >= 0.6 is 22.6 Å². The summed E-state index contributed by atoms with van der Waals surface area (Å²) in [4.78, 5) is 0. The van der Waals surface area contributed by atoms with Gasteiger partial charge < -0.3 is 10.1 Å². The fraction of sp³-hybridized carbons (Fsp3) is 0.385. The van der Waals surface area contributed by atoms with Crippen molar-refractivity contribution >= 4 is 28.3 Å². The zero-order chi connectivity index (χ0) is 11.4. The molecule has 1 heterocycles. The monoisotopic (exact) mass is 329 g/mol. The van der Waals surface area contributed by atoms with Crippen LogP contribution in [0.3, 0.4) is 0 Å². The first-order valence-corrected chi connectivity index (χ1v) is 6.60. The fourth-order valence-corrected chi connectivity index (χ4v) is 2.24. The van der Waals surface area contributed by atoms with Crippen molar-refractivity contribution in [2.75, 3.05) is 25.1 Å². The first-order chi connectivity index (χ1) is 7.77. The molecule has 86 valence electrons. The van der Waals surface area contributed by atoms with E-state index in [0.717, 1.165) is 26.2 Å². The van der Waals surface area contributed by atoms with Crippen LogP contribution in [0.1, 0.15) is 12.0 Å². The molecule has 0 atom stereocenters. The third-order valence-corrected chi connectivity index (χ3v) is 3.92. The van der Waals surface area contributed by atoms with Gasteiger partial charge in [-0.3, -0.25) is 0 Å². The highest BCUT2D eigenvalue weighted by Gasteiger charge is 2.05. The maximum absolute atomic E-state index is 5.41. The van der Waals surface area contributed by atoms with E-state index in [0.29, 0.717) is 0 Å². The Kier molecular flexibility index (Phi) is 4.23. The van der Waals surface area contributed by atoms with Gasteiger partial charge in [0.25, 0.3) is 0 Å². The lowest BCUT2D eigenvalue weighted by molar-refractivity contribution is 0.150. The lowest BCUT2D eigenvalue weighted by atomic mass is 10.1. The predicted octanol–water partition coefficient (Wildman–Crippen LogP) is 3.36. The number of benzene rings is 1. The lowest BCUT2D eigenvalue weighted by Gasteiger charge is -2.16. The van der Waals surface area contributed by atoms with Crippen LogP contribution in [0, 0.1) is 10.5 Å². The largest absolute Gasteiger partial charge is 0.381 e. The molecule has 0 bridgehead atoms. The SMILES string of the molecule is Cc1c(I)cccc1NCC1=CCCOC1. The molecular weight excluding hydrogens is 313 g/mol. The van der Waals surface area contributed by atoms with Crippen molar-refractivity contribution in [2.24, 2.45) is 0 Å². The molecule has 16 heavy (non-hydrogen) atoms. The van der Waals surface area contributed by atoms with E-state index >= 15 is 0 Å². The minimum Gasteiger partial charge on any atom is -0.381 e. The van der Waals surface area contributed by atoms with Crippen LogP contribution in [0.5, 0.6) is 0 Å². The maximum Gasteiger partial charge on any atom is 0.0693 e. The fourth-order valence-electron chi connectivity index (χ4n) is 1.74. The molecule has 0 aromatic heterocycles. The van der Waals surface area contributed by atoms with Crippen molar-refractivity contribution in [2.45, 2.75) is 13.3 Å². The molecule has 2 rings (SSSR count). The number of hydrogen-bond donors (Lipinski definition) is 1. The van der Waals surface area contributed by atoms with Crippen molar-refractivity contribution in [1.82, 2.24) is 0 Å². The Hall–Kier alpha value is -0.550. The standard InChI is InChI=1S/C13H16INO/c1-10-12(14)5-2-6-13(10)15-8-11-4-3-7-16-9-11/h2,4-6,15H,3,7-9H2,1H3. The van der Waals surface area contributed by atoms with Gasteiger partial charge in [-0.15, -0.1) is 0 Å². The van der Waals surface area contributed by atoms with E-state index in [9.17, 15) is 0 Å². The van der Waals surface area contributed by atoms with Gasteiger partial charge in [0.1, 0.15) is 0 Å². The van der Waals surface area contributed by atoms with Gasteiger partial charge in [0, 0.05) is 15.8 Å². The van der Waals surface area contributed by atoms with Crippen molar-refractivity contribution < 1.29 is 4.74 Å². The summed E-state index contributed by atoms with van der Waals surface area (Å²) in [5.74, 6) is 0. The van der Waals surface area contributed by atoms with E-state index in [2.05, 4.69) is 59.1 Å². The molecule has 0 saturated carbocycles. The minimum atomic E-state index is 0.774. The van der Waals surface area contributed by atoms with E-state index < -0.39 is 0 Å². The normalized spacial score (nSPS) is 15.8. The van der Waals surface area contributed by atoms with Gasteiger partial charge in [-0.2, -0.15) is 0 Å². The number of rotatable bonds is 3. The second-order valence-electron chi connectivity index (χ2n) is 3.97. The quantitative estimate of drug-likeness (QED) is 0.678. The molecule has 1 aromatic rings. The molecule has 0 amide bonds. The van der Waals surface area contributed by atoms with Gasteiger partial charge in [0.2, 0.25) is 0 Å². The summed E-state index contributed by atoms with van der Waals surface area (Å²) in [6.45, 7) is 4.68. The van der Waals surface area contributed by atoms with Crippen molar-refractivity contribution in [1.29, 1.82) is 0 Å². The zero-order valence-corrected chi connectivity index (χ0v) is 11.6.